The van der Waals surface area contributed by atoms with Crippen LogP contribution in [-0.4, -0.2) is 27.9 Å². The summed E-state index contributed by atoms with van der Waals surface area (Å²) in [6.07, 6.45) is 3.81. The number of aromatic nitrogens is 1. The third-order valence-corrected chi connectivity index (χ3v) is 7.16. The van der Waals surface area contributed by atoms with Crippen LogP contribution in [0.3, 0.4) is 0 Å². The fourth-order valence-corrected chi connectivity index (χ4v) is 4.71. The van der Waals surface area contributed by atoms with Gasteiger partial charge < -0.3 is 9.30 Å². The Labute approximate surface area is 207 Å². The Kier molecular flexibility index (Phi) is 6.13. The standard InChI is InChI=1S/C26H24Cl2N2O4/c1-2-3-10-34-23-18-11-20(27)21(28)12-19(18)26(33)29(13-15-8-9-15)22(23)14-30-24(31)16-6-4-5-7-17(16)25(30)32/h4-7,11-12,15H,2-3,8-10,13-14H2,1H3. The van der Waals surface area contributed by atoms with Crippen LogP contribution in [0.5, 0.6) is 5.75 Å². The van der Waals surface area contributed by atoms with Crippen molar-refractivity contribution in [2.75, 3.05) is 6.61 Å². The fraction of sp³-hybridized carbons (Fsp3) is 0.346. The molecule has 1 aromatic heterocycles. The van der Waals surface area contributed by atoms with E-state index in [4.69, 9.17) is 27.9 Å². The van der Waals surface area contributed by atoms with E-state index in [1.54, 1.807) is 41.0 Å². The minimum Gasteiger partial charge on any atom is -0.491 e. The number of unbranched alkanes of at least 4 members (excludes halogenated alkanes) is 1. The van der Waals surface area contributed by atoms with Crippen LogP contribution in [-0.2, 0) is 13.1 Å². The van der Waals surface area contributed by atoms with E-state index in [1.165, 1.54) is 4.90 Å². The third kappa shape index (κ3) is 3.99. The van der Waals surface area contributed by atoms with E-state index >= 15 is 0 Å². The number of hydrogen-bond donors (Lipinski definition) is 0. The van der Waals surface area contributed by atoms with Gasteiger partial charge in [-0.2, -0.15) is 0 Å². The van der Waals surface area contributed by atoms with Crippen molar-refractivity contribution in [3.05, 3.63) is 73.6 Å². The van der Waals surface area contributed by atoms with Gasteiger partial charge in [0.1, 0.15) is 5.75 Å². The first-order chi connectivity index (χ1) is 16.4. The molecule has 1 aliphatic carbocycles. The normalized spacial score (nSPS) is 15.3. The molecule has 3 aromatic rings. The van der Waals surface area contributed by atoms with Gasteiger partial charge in [0.2, 0.25) is 0 Å². The minimum absolute atomic E-state index is 0.0635. The molecule has 0 unspecified atom stereocenters. The molecule has 1 saturated carbocycles. The molecule has 0 bridgehead atoms. The van der Waals surface area contributed by atoms with Crippen LogP contribution in [0.4, 0.5) is 0 Å². The number of halogens is 2. The molecule has 1 aliphatic heterocycles. The Balaban J connectivity index is 1.69. The van der Waals surface area contributed by atoms with Gasteiger partial charge in [-0.3, -0.25) is 19.3 Å². The molecule has 0 spiro atoms. The highest BCUT2D eigenvalue weighted by molar-refractivity contribution is 6.42. The summed E-state index contributed by atoms with van der Waals surface area (Å²) in [5, 5.41) is 1.54. The van der Waals surface area contributed by atoms with Crippen molar-refractivity contribution in [2.45, 2.75) is 45.7 Å². The molecule has 1 fully saturated rings. The maximum absolute atomic E-state index is 13.6. The van der Waals surface area contributed by atoms with Crippen LogP contribution in [0.1, 0.15) is 59.0 Å². The Hall–Kier alpha value is -2.83. The second-order valence-electron chi connectivity index (χ2n) is 8.89. The largest absolute Gasteiger partial charge is 0.491 e. The summed E-state index contributed by atoms with van der Waals surface area (Å²) in [4.78, 5) is 41.1. The Morgan fingerprint density at radius 3 is 2.18 bits per heavy atom. The van der Waals surface area contributed by atoms with Gasteiger partial charge in [0.05, 0.1) is 45.4 Å². The Bertz CT molecular complexity index is 1340. The SMILES string of the molecule is CCCCOc1c(CN2C(=O)c3ccccc3C2=O)n(CC2CC2)c(=O)c2cc(Cl)c(Cl)cc12. The van der Waals surface area contributed by atoms with E-state index in [-0.39, 0.29) is 28.9 Å². The van der Waals surface area contributed by atoms with Crippen LogP contribution in [0.25, 0.3) is 10.8 Å². The van der Waals surface area contributed by atoms with E-state index in [0.717, 1.165) is 25.7 Å². The summed E-state index contributed by atoms with van der Waals surface area (Å²) in [7, 11) is 0. The number of benzene rings is 2. The summed E-state index contributed by atoms with van der Waals surface area (Å²) >= 11 is 12.6. The van der Waals surface area contributed by atoms with Crippen molar-refractivity contribution in [1.29, 1.82) is 0 Å². The molecule has 2 amide bonds. The fourth-order valence-electron chi connectivity index (χ4n) is 4.38. The lowest BCUT2D eigenvalue weighted by atomic mass is 10.1. The number of carbonyl (C=O) groups excluding carboxylic acids is 2. The monoisotopic (exact) mass is 498 g/mol. The second-order valence-corrected chi connectivity index (χ2v) is 9.71. The highest BCUT2D eigenvalue weighted by Gasteiger charge is 2.37. The van der Waals surface area contributed by atoms with E-state index in [0.29, 0.717) is 57.4 Å². The maximum atomic E-state index is 13.6. The number of nitrogens with zero attached hydrogens (tertiary/aromatic N) is 2. The molecule has 2 aliphatic rings. The zero-order valence-electron chi connectivity index (χ0n) is 18.8. The van der Waals surface area contributed by atoms with Crippen molar-refractivity contribution in [2.24, 2.45) is 5.92 Å². The van der Waals surface area contributed by atoms with Crippen molar-refractivity contribution in [3.8, 4) is 5.75 Å². The summed E-state index contributed by atoms with van der Waals surface area (Å²) in [6, 6.07) is 9.97. The lowest BCUT2D eigenvalue weighted by molar-refractivity contribution is 0.0636. The number of imide groups is 1. The molecule has 8 heteroatoms. The number of amides is 2. The Morgan fingerprint density at radius 1 is 0.971 bits per heavy atom. The van der Waals surface area contributed by atoms with Crippen LogP contribution in [0.15, 0.2) is 41.2 Å². The molecule has 0 atom stereocenters. The Morgan fingerprint density at radius 2 is 1.59 bits per heavy atom. The van der Waals surface area contributed by atoms with Crippen molar-refractivity contribution in [3.63, 3.8) is 0 Å². The summed E-state index contributed by atoms with van der Waals surface area (Å²) in [5.74, 6) is 0.0979. The number of rotatable bonds is 8. The molecule has 0 radical (unpaired) electrons. The number of ether oxygens (including phenoxy) is 1. The molecular weight excluding hydrogens is 475 g/mol. The van der Waals surface area contributed by atoms with E-state index in [1.807, 2.05) is 0 Å². The topological polar surface area (TPSA) is 68.6 Å². The van der Waals surface area contributed by atoms with Crippen molar-refractivity contribution < 1.29 is 14.3 Å². The van der Waals surface area contributed by atoms with E-state index in [2.05, 4.69) is 6.92 Å². The van der Waals surface area contributed by atoms with Gasteiger partial charge in [-0.1, -0.05) is 48.7 Å². The first-order valence-electron chi connectivity index (χ1n) is 11.5. The van der Waals surface area contributed by atoms with Gasteiger partial charge in [0.25, 0.3) is 17.4 Å². The van der Waals surface area contributed by atoms with Gasteiger partial charge in [0, 0.05) is 11.9 Å². The van der Waals surface area contributed by atoms with E-state index in [9.17, 15) is 14.4 Å². The highest BCUT2D eigenvalue weighted by atomic mass is 35.5. The van der Waals surface area contributed by atoms with Crippen LogP contribution in [0, 0.1) is 5.92 Å². The van der Waals surface area contributed by atoms with Crippen LogP contribution in [0.2, 0.25) is 10.0 Å². The van der Waals surface area contributed by atoms with Crippen molar-refractivity contribution >= 4 is 45.8 Å². The van der Waals surface area contributed by atoms with Crippen molar-refractivity contribution in [1.82, 2.24) is 9.47 Å². The zero-order valence-corrected chi connectivity index (χ0v) is 20.3. The zero-order chi connectivity index (χ0) is 24.0. The molecule has 5 rings (SSSR count). The molecular formula is C26H24Cl2N2O4. The molecule has 0 N–H and O–H groups in total. The molecule has 2 heterocycles. The predicted octanol–water partition coefficient (Wildman–Crippen LogP) is 5.69. The first kappa shape index (κ1) is 22.9. The number of hydrogen-bond acceptors (Lipinski definition) is 4. The van der Waals surface area contributed by atoms with Crippen LogP contribution >= 0.6 is 23.2 Å². The van der Waals surface area contributed by atoms with Gasteiger partial charge >= 0.3 is 0 Å². The summed E-state index contributed by atoms with van der Waals surface area (Å²) in [5.41, 5.74) is 1.02. The average Bonchev–Trinajstić information content (AvgIpc) is 3.62. The number of carbonyl (C=O) groups is 2. The first-order valence-corrected chi connectivity index (χ1v) is 12.3. The number of pyridine rings is 1. The lowest BCUT2D eigenvalue weighted by Crippen LogP contribution is -2.34. The van der Waals surface area contributed by atoms with Gasteiger partial charge in [-0.25, -0.2) is 0 Å². The third-order valence-electron chi connectivity index (χ3n) is 6.44. The molecule has 34 heavy (non-hydrogen) atoms. The van der Waals surface area contributed by atoms with Gasteiger partial charge in [-0.05, 0) is 49.4 Å². The summed E-state index contributed by atoms with van der Waals surface area (Å²) < 4.78 is 7.89. The predicted molar refractivity (Wildman–Crippen MR) is 132 cm³/mol. The lowest BCUT2D eigenvalue weighted by Gasteiger charge is -2.23. The van der Waals surface area contributed by atoms with Gasteiger partial charge in [-0.15, -0.1) is 0 Å². The molecule has 6 nitrogen and oxygen atoms in total. The minimum atomic E-state index is -0.375. The molecule has 176 valence electrons. The maximum Gasteiger partial charge on any atom is 0.261 e. The van der Waals surface area contributed by atoms with Gasteiger partial charge in [0.15, 0.2) is 0 Å². The number of fused-ring (bicyclic) bond motifs is 2. The average molecular weight is 499 g/mol. The summed E-state index contributed by atoms with van der Waals surface area (Å²) in [6.45, 7) is 2.93. The van der Waals surface area contributed by atoms with Crippen LogP contribution < -0.4 is 10.3 Å². The quantitative estimate of drug-likeness (QED) is 0.295. The van der Waals surface area contributed by atoms with E-state index < -0.39 is 0 Å². The highest BCUT2D eigenvalue weighted by Crippen LogP contribution is 2.38. The molecule has 0 saturated heterocycles. The smallest absolute Gasteiger partial charge is 0.261 e. The molecule has 2 aromatic carbocycles. The second kappa shape index (κ2) is 9.08.